The number of nitrogens with two attached hydrogens (primary N) is 1. The summed E-state index contributed by atoms with van der Waals surface area (Å²) in [5, 5.41) is 0. The summed E-state index contributed by atoms with van der Waals surface area (Å²) in [4.78, 5) is 8.76. The lowest BCUT2D eigenvalue weighted by Gasteiger charge is -2.14. The summed E-state index contributed by atoms with van der Waals surface area (Å²) in [5.41, 5.74) is 5.60. The Morgan fingerprint density at radius 3 is 2.60 bits per heavy atom. The Labute approximate surface area is 119 Å². The van der Waals surface area contributed by atoms with E-state index in [0.29, 0.717) is 17.5 Å². The van der Waals surface area contributed by atoms with E-state index < -0.39 is 0 Å². The van der Waals surface area contributed by atoms with Crippen LogP contribution >= 0.6 is 0 Å². The van der Waals surface area contributed by atoms with Gasteiger partial charge < -0.3 is 10.2 Å². The summed E-state index contributed by atoms with van der Waals surface area (Å²) < 4.78 is 5.96. The summed E-state index contributed by atoms with van der Waals surface area (Å²) in [5.74, 6) is 8.13. The molecule has 1 aromatic carbocycles. The molecule has 5 heteroatoms. The number of nitrogens with zero attached hydrogens (tertiary/aromatic N) is 2. The van der Waals surface area contributed by atoms with Gasteiger partial charge >= 0.3 is 0 Å². The molecule has 0 saturated heterocycles. The Hall–Kier alpha value is -2.14. The van der Waals surface area contributed by atoms with Gasteiger partial charge in [-0.2, -0.15) is 4.98 Å². The van der Waals surface area contributed by atoms with Crippen molar-refractivity contribution in [1.29, 1.82) is 0 Å². The normalized spacial score (nSPS) is 10.4. The molecule has 0 aliphatic rings. The fourth-order valence-corrected chi connectivity index (χ4v) is 1.86. The van der Waals surface area contributed by atoms with E-state index in [2.05, 4.69) is 21.5 Å². The molecule has 1 aromatic heterocycles. The second-order valence-electron chi connectivity index (χ2n) is 4.79. The predicted molar refractivity (Wildman–Crippen MR) is 79.9 cm³/mol. The zero-order valence-electron chi connectivity index (χ0n) is 12.3. The number of nitrogens with one attached hydrogen (secondary N) is 1. The van der Waals surface area contributed by atoms with E-state index in [-0.39, 0.29) is 0 Å². The van der Waals surface area contributed by atoms with Crippen LogP contribution in [-0.2, 0) is 6.42 Å². The van der Waals surface area contributed by atoms with Crippen LogP contribution in [0.2, 0.25) is 0 Å². The van der Waals surface area contributed by atoms with E-state index in [1.54, 1.807) is 0 Å². The number of aryl methyl sites for hydroxylation is 3. The van der Waals surface area contributed by atoms with Crippen molar-refractivity contribution in [2.24, 2.45) is 5.84 Å². The lowest BCUT2D eigenvalue weighted by Crippen LogP contribution is -2.13. The Balaban J connectivity index is 2.44. The monoisotopic (exact) mass is 272 g/mol. The van der Waals surface area contributed by atoms with Crippen molar-refractivity contribution in [1.82, 2.24) is 9.97 Å². The van der Waals surface area contributed by atoms with Gasteiger partial charge in [0.2, 0.25) is 5.88 Å². The van der Waals surface area contributed by atoms with Crippen molar-refractivity contribution < 1.29 is 4.74 Å². The number of hydrazine groups is 1. The van der Waals surface area contributed by atoms with Crippen LogP contribution in [0.1, 0.15) is 29.4 Å². The molecular weight excluding hydrogens is 252 g/mol. The van der Waals surface area contributed by atoms with Crippen LogP contribution < -0.4 is 16.0 Å². The average molecular weight is 272 g/mol. The van der Waals surface area contributed by atoms with Crippen molar-refractivity contribution in [3.63, 3.8) is 0 Å². The SMILES string of the molecule is CCc1nc(NN)c(C)c(Oc2cc(C)ccc2C)n1. The zero-order valence-corrected chi connectivity index (χ0v) is 12.3. The molecule has 0 spiro atoms. The summed E-state index contributed by atoms with van der Waals surface area (Å²) in [6.07, 6.45) is 0.720. The van der Waals surface area contributed by atoms with Gasteiger partial charge in [-0.05, 0) is 38.0 Å². The quantitative estimate of drug-likeness (QED) is 0.661. The number of nitrogen functional groups attached to an aromatic ring is 1. The highest BCUT2D eigenvalue weighted by Crippen LogP contribution is 2.29. The third-order valence-electron chi connectivity index (χ3n) is 3.15. The second kappa shape index (κ2) is 5.88. The van der Waals surface area contributed by atoms with Gasteiger partial charge in [0.15, 0.2) is 0 Å². The third kappa shape index (κ3) is 2.88. The minimum absolute atomic E-state index is 0.540. The van der Waals surface area contributed by atoms with E-state index >= 15 is 0 Å². The van der Waals surface area contributed by atoms with Crippen LogP contribution in [0.15, 0.2) is 18.2 Å². The summed E-state index contributed by atoms with van der Waals surface area (Å²) in [6, 6.07) is 6.08. The molecule has 2 rings (SSSR count). The van der Waals surface area contributed by atoms with Gasteiger partial charge in [0.25, 0.3) is 0 Å². The molecule has 2 aromatic rings. The Bertz CT molecular complexity index is 626. The summed E-state index contributed by atoms with van der Waals surface area (Å²) in [6.45, 7) is 7.92. The van der Waals surface area contributed by atoms with E-state index in [1.165, 1.54) is 0 Å². The lowest BCUT2D eigenvalue weighted by molar-refractivity contribution is 0.451. The van der Waals surface area contributed by atoms with Crippen molar-refractivity contribution in [2.75, 3.05) is 5.43 Å². The molecule has 106 valence electrons. The minimum Gasteiger partial charge on any atom is -0.438 e. The molecule has 3 N–H and O–H groups in total. The van der Waals surface area contributed by atoms with Crippen molar-refractivity contribution in [2.45, 2.75) is 34.1 Å². The number of rotatable bonds is 4. The zero-order chi connectivity index (χ0) is 14.7. The second-order valence-corrected chi connectivity index (χ2v) is 4.79. The van der Waals surface area contributed by atoms with Crippen molar-refractivity contribution in [3.8, 4) is 11.6 Å². The van der Waals surface area contributed by atoms with Crippen LogP contribution in [0.4, 0.5) is 5.82 Å². The Morgan fingerprint density at radius 2 is 1.95 bits per heavy atom. The third-order valence-corrected chi connectivity index (χ3v) is 3.15. The van der Waals surface area contributed by atoms with Gasteiger partial charge in [0.1, 0.15) is 17.4 Å². The van der Waals surface area contributed by atoms with Gasteiger partial charge in [-0.25, -0.2) is 10.8 Å². The van der Waals surface area contributed by atoms with Gasteiger partial charge in [-0.15, -0.1) is 0 Å². The molecule has 0 amide bonds. The Kier molecular flexibility index (Phi) is 4.20. The van der Waals surface area contributed by atoms with Crippen LogP contribution in [0.25, 0.3) is 0 Å². The number of hydrogen-bond donors (Lipinski definition) is 2. The molecule has 0 radical (unpaired) electrons. The van der Waals surface area contributed by atoms with Crippen molar-refractivity contribution >= 4 is 5.82 Å². The first kappa shape index (κ1) is 14.3. The molecule has 0 unspecified atom stereocenters. The number of benzene rings is 1. The highest BCUT2D eigenvalue weighted by atomic mass is 16.5. The van der Waals surface area contributed by atoms with E-state index in [4.69, 9.17) is 10.6 Å². The Morgan fingerprint density at radius 1 is 1.20 bits per heavy atom. The van der Waals surface area contributed by atoms with E-state index in [0.717, 1.165) is 28.9 Å². The largest absolute Gasteiger partial charge is 0.438 e. The van der Waals surface area contributed by atoms with Crippen LogP contribution in [0, 0.1) is 20.8 Å². The van der Waals surface area contributed by atoms with Crippen LogP contribution in [0.5, 0.6) is 11.6 Å². The fraction of sp³-hybridized carbons (Fsp3) is 0.333. The van der Waals surface area contributed by atoms with Gasteiger partial charge in [-0.3, -0.25) is 0 Å². The molecule has 20 heavy (non-hydrogen) atoms. The molecule has 0 aliphatic heterocycles. The smallest absolute Gasteiger partial charge is 0.227 e. The number of ether oxygens (including phenoxy) is 1. The number of aromatic nitrogens is 2. The molecule has 0 atom stereocenters. The lowest BCUT2D eigenvalue weighted by atomic mass is 10.1. The van der Waals surface area contributed by atoms with E-state index in [1.807, 2.05) is 39.8 Å². The first-order valence-corrected chi connectivity index (χ1v) is 6.64. The van der Waals surface area contributed by atoms with Crippen LogP contribution in [0.3, 0.4) is 0 Å². The molecular formula is C15H20N4O. The maximum atomic E-state index is 5.96. The number of hydrogen-bond acceptors (Lipinski definition) is 5. The van der Waals surface area contributed by atoms with Gasteiger partial charge in [0, 0.05) is 6.42 Å². The standard InChI is InChI=1S/C15H20N4O/c1-5-13-17-14(19-16)11(4)15(18-13)20-12-8-9(2)6-7-10(12)3/h6-8H,5,16H2,1-4H3,(H,17,18,19). The highest BCUT2D eigenvalue weighted by molar-refractivity contribution is 5.49. The van der Waals surface area contributed by atoms with Gasteiger partial charge in [0.05, 0.1) is 5.56 Å². The molecule has 0 saturated carbocycles. The molecule has 0 fully saturated rings. The maximum absolute atomic E-state index is 5.96. The molecule has 0 bridgehead atoms. The molecule has 1 heterocycles. The fourth-order valence-electron chi connectivity index (χ4n) is 1.86. The number of anilines is 1. The summed E-state index contributed by atoms with van der Waals surface area (Å²) in [7, 11) is 0. The van der Waals surface area contributed by atoms with E-state index in [9.17, 15) is 0 Å². The average Bonchev–Trinajstić information content (AvgIpc) is 2.45. The highest BCUT2D eigenvalue weighted by Gasteiger charge is 2.12. The minimum atomic E-state index is 0.540. The first-order valence-electron chi connectivity index (χ1n) is 6.64. The van der Waals surface area contributed by atoms with Crippen LogP contribution in [-0.4, -0.2) is 9.97 Å². The topological polar surface area (TPSA) is 73.1 Å². The van der Waals surface area contributed by atoms with Gasteiger partial charge in [-0.1, -0.05) is 19.1 Å². The summed E-state index contributed by atoms with van der Waals surface area (Å²) >= 11 is 0. The molecule has 5 nitrogen and oxygen atoms in total. The maximum Gasteiger partial charge on any atom is 0.227 e. The predicted octanol–water partition coefficient (Wildman–Crippen LogP) is 3.04. The molecule has 0 aliphatic carbocycles. The van der Waals surface area contributed by atoms with Crippen molar-refractivity contribution in [3.05, 3.63) is 40.7 Å². The first-order chi connectivity index (χ1) is 9.55.